The number of carbonyl (C=O) groups is 1. The zero-order valence-electron chi connectivity index (χ0n) is 11.4. The molecule has 104 valence electrons. The summed E-state index contributed by atoms with van der Waals surface area (Å²) in [4.78, 5) is 13.2. The van der Waals surface area contributed by atoms with Crippen LogP contribution in [-0.2, 0) is 6.54 Å². The van der Waals surface area contributed by atoms with Gasteiger partial charge in [0.2, 0.25) is 0 Å². The second-order valence-corrected chi connectivity index (χ2v) is 5.44. The number of benzene rings is 1. The van der Waals surface area contributed by atoms with Crippen LogP contribution in [0.1, 0.15) is 42.6 Å². The predicted octanol–water partition coefficient (Wildman–Crippen LogP) is 3.14. The first-order valence-electron chi connectivity index (χ1n) is 6.75. The van der Waals surface area contributed by atoms with Crippen molar-refractivity contribution in [3.63, 3.8) is 0 Å². The van der Waals surface area contributed by atoms with E-state index in [4.69, 9.17) is 5.11 Å². The van der Waals surface area contributed by atoms with E-state index in [0.717, 1.165) is 13.0 Å². The molecule has 0 spiro atoms. The smallest absolute Gasteiger partial charge is 0.335 e. The molecular formula is C15H20FNO2. The van der Waals surface area contributed by atoms with Crippen LogP contribution in [-0.4, -0.2) is 28.6 Å². The van der Waals surface area contributed by atoms with Crippen LogP contribution in [0.3, 0.4) is 0 Å². The van der Waals surface area contributed by atoms with Crippen molar-refractivity contribution >= 4 is 5.97 Å². The lowest BCUT2D eigenvalue weighted by molar-refractivity contribution is 0.0696. The van der Waals surface area contributed by atoms with E-state index in [1.165, 1.54) is 24.6 Å². The van der Waals surface area contributed by atoms with Crippen LogP contribution >= 0.6 is 0 Å². The lowest BCUT2D eigenvalue weighted by Gasteiger charge is -2.38. The van der Waals surface area contributed by atoms with E-state index in [-0.39, 0.29) is 11.4 Å². The third-order valence-corrected chi connectivity index (χ3v) is 4.17. The number of hydrogen-bond donors (Lipinski definition) is 1. The Bertz CT molecular complexity index is 475. The van der Waals surface area contributed by atoms with Crippen LogP contribution in [0.4, 0.5) is 4.39 Å². The molecule has 1 aliphatic heterocycles. The minimum atomic E-state index is -1.01. The van der Waals surface area contributed by atoms with Gasteiger partial charge in [0.25, 0.3) is 0 Å². The highest BCUT2D eigenvalue weighted by Gasteiger charge is 2.25. The van der Waals surface area contributed by atoms with Crippen LogP contribution in [0.5, 0.6) is 0 Å². The van der Waals surface area contributed by atoms with Crippen LogP contribution in [0.25, 0.3) is 0 Å². The standard InChI is InChI=1S/C15H20FNO2/c1-10-4-3-7-17(11(10)2)9-13-8-12(15(18)19)5-6-14(13)16/h5-6,8,10-11H,3-4,7,9H2,1-2H3,(H,18,19). The Morgan fingerprint density at radius 3 is 2.89 bits per heavy atom. The summed E-state index contributed by atoms with van der Waals surface area (Å²) in [5, 5.41) is 8.96. The first-order chi connectivity index (χ1) is 8.99. The summed E-state index contributed by atoms with van der Waals surface area (Å²) in [5.74, 6) is -0.740. The fraction of sp³-hybridized carbons (Fsp3) is 0.533. The number of likely N-dealkylation sites (tertiary alicyclic amines) is 1. The molecule has 1 N–H and O–H groups in total. The monoisotopic (exact) mass is 265 g/mol. The normalized spacial score (nSPS) is 24.4. The number of carboxylic acid groups (broad SMARTS) is 1. The second kappa shape index (κ2) is 5.70. The van der Waals surface area contributed by atoms with Gasteiger partial charge >= 0.3 is 5.97 Å². The molecular weight excluding hydrogens is 245 g/mol. The number of aromatic carboxylic acids is 1. The van der Waals surface area contributed by atoms with Gasteiger partial charge < -0.3 is 5.11 Å². The van der Waals surface area contributed by atoms with E-state index in [0.29, 0.717) is 24.1 Å². The second-order valence-electron chi connectivity index (χ2n) is 5.44. The molecule has 1 aliphatic rings. The molecule has 1 heterocycles. The maximum Gasteiger partial charge on any atom is 0.335 e. The lowest BCUT2D eigenvalue weighted by atomic mass is 9.91. The fourth-order valence-electron chi connectivity index (χ4n) is 2.69. The largest absolute Gasteiger partial charge is 0.478 e. The summed E-state index contributed by atoms with van der Waals surface area (Å²) in [6.45, 7) is 5.80. The van der Waals surface area contributed by atoms with Crippen LogP contribution in [0.2, 0.25) is 0 Å². The zero-order valence-corrected chi connectivity index (χ0v) is 11.4. The van der Waals surface area contributed by atoms with Gasteiger partial charge in [-0.25, -0.2) is 9.18 Å². The molecule has 0 bridgehead atoms. The topological polar surface area (TPSA) is 40.5 Å². The molecule has 0 amide bonds. The molecule has 0 radical (unpaired) electrons. The molecule has 1 aromatic carbocycles. The van der Waals surface area contributed by atoms with Gasteiger partial charge in [-0.05, 0) is 50.4 Å². The number of halogens is 1. The zero-order chi connectivity index (χ0) is 14.0. The van der Waals surface area contributed by atoms with E-state index in [1.807, 2.05) is 0 Å². The van der Waals surface area contributed by atoms with Crippen molar-refractivity contribution in [1.82, 2.24) is 4.90 Å². The van der Waals surface area contributed by atoms with E-state index in [1.54, 1.807) is 0 Å². The van der Waals surface area contributed by atoms with Gasteiger partial charge in [-0.1, -0.05) is 6.92 Å². The van der Waals surface area contributed by atoms with Gasteiger partial charge in [-0.15, -0.1) is 0 Å². The Morgan fingerprint density at radius 1 is 1.47 bits per heavy atom. The third kappa shape index (κ3) is 3.13. The maximum absolute atomic E-state index is 13.8. The Kier molecular flexibility index (Phi) is 4.20. The van der Waals surface area contributed by atoms with Crippen molar-refractivity contribution in [1.29, 1.82) is 0 Å². The number of carboxylic acids is 1. The van der Waals surface area contributed by atoms with Gasteiger partial charge in [0.05, 0.1) is 5.56 Å². The van der Waals surface area contributed by atoms with Gasteiger partial charge in [0.15, 0.2) is 0 Å². The molecule has 2 atom stereocenters. The molecule has 0 saturated carbocycles. The van der Waals surface area contributed by atoms with Crippen LogP contribution in [0, 0.1) is 11.7 Å². The van der Waals surface area contributed by atoms with E-state index in [2.05, 4.69) is 18.7 Å². The highest BCUT2D eigenvalue weighted by molar-refractivity contribution is 5.87. The highest BCUT2D eigenvalue weighted by Crippen LogP contribution is 2.25. The van der Waals surface area contributed by atoms with E-state index in [9.17, 15) is 9.18 Å². The first kappa shape index (κ1) is 14.0. The minimum absolute atomic E-state index is 0.147. The van der Waals surface area contributed by atoms with Gasteiger partial charge in [-0.3, -0.25) is 4.90 Å². The van der Waals surface area contributed by atoms with Gasteiger partial charge in [-0.2, -0.15) is 0 Å². The SMILES string of the molecule is CC1CCCN(Cc2cc(C(=O)O)ccc2F)C1C. The van der Waals surface area contributed by atoms with Crippen LogP contribution in [0.15, 0.2) is 18.2 Å². The first-order valence-corrected chi connectivity index (χ1v) is 6.75. The summed E-state index contributed by atoms with van der Waals surface area (Å²) in [6.07, 6.45) is 2.32. The average Bonchev–Trinajstić information content (AvgIpc) is 2.37. The number of hydrogen-bond acceptors (Lipinski definition) is 2. The summed E-state index contributed by atoms with van der Waals surface area (Å²) >= 11 is 0. The molecule has 3 nitrogen and oxygen atoms in total. The number of rotatable bonds is 3. The average molecular weight is 265 g/mol. The molecule has 1 fully saturated rings. The van der Waals surface area contributed by atoms with Crippen molar-refractivity contribution in [2.45, 2.75) is 39.3 Å². The molecule has 1 saturated heterocycles. The molecule has 19 heavy (non-hydrogen) atoms. The lowest BCUT2D eigenvalue weighted by Crippen LogP contribution is -2.41. The van der Waals surface area contributed by atoms with Crippen LogP contribution < -0.4 is 0 Å². The fourth-order valence-corrected chi connectivity index (χ4v) is 2.69. The number of nitrogens with zero attached hydrogens (tertiary/aromatic N) is 1. The van der Waals surface area contributed by atoms with Crippen molar-refractivity contribution in [2.24, 2.45) is 5.92 Å². The minimum Gasteiger partial charge on any atom is -0.478 e. The number of piperidine rings is 1. The summed E-state index contributed by atoms with van der Waals surface area (Å²) < 4.78 is 13.8. The molecule has 0 aromatic heterocycles. The highest BCUT2D eigenvalue weighted by atomic mass is 19.1. The Morgan fingerprint density at radius 2 is 2.21 bits per heavy atom. The quantitative estimate of drug-likeness (QED) is 0.912. The molecule has 1 aromatic rings. The van der Waals surface area contributed by atoms with Crippen molar-refractivity contribution in [2.75, 3.05) is 6.54 Å². The summed E-state index contributed by atoms with van der Waals surface area (Å²) in [6, 6.07) is 4.41. The van der Waals surface area contributed by atoms with E-state index < -0.39 is 5.97 Å². The van der Waals surface area contributed by atoms with Crippen molar-refractivity contribution < 1.29 is 14.3 Å². The molecule has 0 aliphatic carbocycles. The Balaban J connectivity index is 2.18. The van der Waals surface area contributed by atoms with Gasteiger partial charge in [0.1, 0.15) is 5.82 Å². The maximum atomic E-state index is 13.8. The molecule has 2 rings (SSSR count). The van der Waals surface area contributed by atoms with Crippen molar-refractivity contribution in [3.05, 3.63) is 35.1 Å². The van der Waals surface area contributed by atoms with Crippen molar-refractivity contribution in [3.8, 4) is 0 Å². The van der Waals surface area contributed by atoms with E-state index >= 15 is 0 Å². The third-order valence-electron chi connectivity index (χ3n) is 4.17. The van der Waals surface area contributed by atoms with Gasteiger partial charge in [0, 0.05) is 18.2 Å². The Labute approximate surface area is 113 Å². The summed E-state index contributed by atoms with van der Waals surface area (Å²) in [5.41, 5.74) is 0.620. The molecule has 2 unspecified atom stereocenters. The summed E-state index contributed by atoms with van der Waals surface area (Å²) in [7, 11) is 0. The Hall–Kier alpha value is -1.42. The molecule has 4 heteroatoms. The predicted molar refractivity (Wildman–Crippen MR) is 71.6 cm³/mol.